The lowest BCUT2D eigenvalue weighted by Crippen LogP contribution is -2.33. The quantitative estimate of drug-likeness (QED) is 0.681. The molecule has 4 rings (SSSR count). The first-order valence-electron chi connectivity index (χ1n) is 9.14. The van der Waals surface area contributed by atoms with Crippen molar-refractivity contribution in [2.24, 2.45) is 5.10 Å². The molecule has 1 fully saturated rings. The number of benzene rings is 2. The van der Waals surface area contributed by atoms with Crippen molar-refractivity contribution in [3.8, 4) is 0 Å². The normalized spacial score (nSPS) is 15.7. The summed E-state index contributed by atoms with van der Waals surface area (Å²) in [6.45, 7) is 2.74. The van der Waals surface area contributed by atoms with Crippen LogP contribution in [0, 0.1) is 0 Å². The molecule has 5 heteroatoms. The molecule has 1 aliphatic rings. The summed E-state index contributed by atoms with van der Waals surface area (Å²) >= 11 is 0. The van der Waals surface area contributed by atoms with Gasteiger partial charge in [-0.3, -0.25) is 9.69 Å². The highest BCUT2D eigenvalue weighted by Crippen LogP contribution is 2.14. The van der Waals surface area contributed by atoms with E-state index in [0.717, 1.165) is 24.2 Å². The molecule has 1 aromatic heterocycles. The maximum Gasteiger partial charge on any atom is 0.282 e. The number of aromatic nitrogens is 2. The van der Waals surface area contributed by atoms with Gasteiger partial charge in [-0.1, -0.05) is 48.9 Å². The van der Waals surface area contributed by atoms with Gasteiger partial charge in [0.2, 0.25) is 0 Å². The average Bonchev–Trinajstić information content (AvgIpc) is 2.69. The summed E-state index contributed by atoms with van der Waals surface area (Å²) in [6.07, 6.45) is 5.40. The van der Waals surface area contributed by atoms with E-state index in [1.54, 1.807) is 6.21 Å². The molecule has 0 amide bonds. The fraction of sp³-hybridized carbons (Fsp3) is 0.286. The zero-order chi connectivity index (χ0) is 17.8. The molecule has 3 aromatic rings. The van der Waals surface area contributed by atoms with E-state index in [1.807, 2.05) is 54.6 Å². The van der Waals surface area contributed by atoms with Crippen LogP contribution in [0.5, 0.6) is 0 Å². The maximum atomic E-state index is 13.0. The van der Waals surface area contributed by atoms with E-state index in [2.05, 4.69) is 10.0 Å². The summed E-state index contributed by atoms with van der Waals surface area (Å²) in [5, 5.41) is 5.08. The van der Waals surface area contributed by atoms with Crippen LogP contribution in [0.25, 0.3) is 10.9 Å². The predicted octanol–water partition coefficient (Wildman–Crippen LogP) is 3.26. The summed E-state index contributed by atoms with van der Waals surface area (Å²) in [5.41, 5.74) is 1.57. The molecule has 0 unspecified atom stereocenters. The first-order chi connectivity index (χ1) is 12.8. The number of hydrogen-bond acceptors (Lipinski definition) is 4. The molecular weight excluding hydrogens is 324 g/mol. The molecule has 0 atom stereocenters. The van der Waals surface area contributed by atoms with Crippen molar-refractivity contribution in [1.82, 2.24) is 14.6 Å². The molecule has 0 bridgehead atoms. The summed E-state index contributed by atoms with van der Waals surface area (Å²) in [7, 11) is 0. The Kier molecular flexibility index (Phi) is 4.88. The Hall–Kier alpha value is -2.79. The third-order valence-corrected chi connectivity index (χ3v) is 4.76. The van der Waals surface area contributed by atoms with Gasteiger partial charge in [-0.05, 0) is 43.6 Å². The van der Waals surface area contributed by atoms with E-state index in [0.29, 0.717) is 17.8 Å². The highest BCUT2D eigenvalue weighted by atomic mass is 16.1. The van der Waals surface area contributed by atoms with Crippen molar-refractivity contribution in [2.45, 2.75) is 25.8 Å². The molecule has 0 aliphatic carbocycles. The van der Waals surface area contributed by atoms with Crippen molar-refractivity contribution in [3.63, 3.8) is 0 Å². The summed E-state index contributed by atoms with van der Waals surface area (Å²) < 4.78 is 1.46. The van der Waals surface area contributed by atoms with Gasteiger partial charge < -0.3 is 0 Å². The van der Waals surface area contributed by atoms with Crippen molar-refractivity contribution < 1.29 is 0 Å². The molecule has 0 N–H and O–H groups in total. The minimum atomic E-state index is -0.116. The molecule has 0 saturated carbocycles. The Bertz CT molecular complexity index is 972. The molecule has 2 heterocycles. The Balaban J connectivity index is 1.77. The largest absolute Gasteiger partial charge is 0.296 e. The highest BCUT2D eigenvalue weighted by Gasteiger charge is 2.16. The number of fused-ring (bicyclic) bond motifs is 1. The molecule has 26 heavy (non-hydrogen) atoms. The maximum absolute atomic E-state index is 13.0. The Morgan fingerprint density at radius 2 is 1.69 bits per heavy atom. The highest BCUT2D eigenvalue weighted by molar-refractivity contribution is 5.80. The van der Waals surface area contributed by atoms with Crippen molar-refractivity contribution in [2.75, 3.05) is 13.1 Å². The molecular formula is C21H22N4O. The second kappa shape index (κ2) is 7.62. The lowest BCUT2D eigenvalue weighted by Gasteiger charge is -2.26. The van der Waals surface area contributed by atoms with Gasteiger partial charge in [0.25, 0.3) is 5.56 Å². The lowest BCUT2D eigenvalue weighted by molar-refractivity contribution is 0.213. The molecule has 0 radical (unpaired) electrons. The van der Waals surface area contributed by atoms with Crippen molar-refractivity contribution >= 4 is 17.1 Å². The van der Waals surface area contributed by atoms with Crippen LogP contribution < -0.4 is 5.56 Å². The third-order valence-electron chi connectivity index (χ3n) is 4.76. The van der Waals surface area contributed by atoms with Crippen LogP contribution in [0.3, 0.4) is 0 Å². The summed E-state index contributed by atoms with van der Waals surface area (Å²) in [6, 6.07) is 17.3. The monoisotopic (exact) mass is 346 g/mol. The topological polar surface area (TPSA) is 50.5 Å². The van der Waals surface area contributed by atoms with Gasteiger partial charge in [-0.2, -0.15) is 9.78 Å². The minimum Gasteiger partial charge on any atom is -0.296 e. The molecule has 2 aromatic carbocycles. The zero-order valence-corrected chi connectivity index (χ0v) is 14.7. The van der Waals surface area contributed by atoms with Crippen LogP contribution in [0.4, 0.5) is 0 Å². The van der Waals surface area contributed by atoms with Gasteiger partial charge in [0, 0.05) is 0 Å². The average molecular weight is 346 g/mol. The van der Waals surface area contributed by atoms with E-state index in [4.69, 9.17) is 4.98 Å². The van der Waals surface area contributed by atoms with Crippen molar-refractivity contribution in [1.29, 1.82) is 0 Å². The number of nitrogens with zero attached hydrogens (tertiary/aromatic N) is 4. The molecule has 5 nitrogen and oxygen atoms in total. The van der Waals surface area contributed by atoms with E-state index in [-0.39, 0.29) is 5.56 Å². The second-order valence-corrected chi connectivity index (χ2v) is 6.65. The van der Waals surface area contributed by atoms with Gasteiger partial charge >= 0.3 is 0 Å². The predicted molar refractivity (Wildman–Crippen MR) is 105 cm³/mol. The summed E-state index contributed by atoms with van der Waals surface area (Å²) in [5.74, 6) is 0.697. The zero-order valence-electron chi connectivity index (χ0n) is 14.7. The Labute approximate surface area is 152 Å². The number of rotatable bonds is 4. The van der Waals surface area contributed by atoms with E-state index in [9.17, 15) is 4.79 Å². The van der Waals surface area contributed by atoms with E-state index >= 15 is 0 Å². The van der Waals surface area contributed by atoms with E-state index in [1.165, 1.54) is 23.9 Å². The van der Waals surface area contributed by atoms with Gasteiger partial charge in [0.1, 0.15) is 5.82 Å². The Morgan fingerprint density at radius 1 is 0.962 bits per heavy atom. The van der Waals surface area contributed by atoms with Gasteiger partial charge in [0.15, 0.2) is 0 Å². The van der Waals surface area contributed by atoms with Gasteiger partial charge in [-0.15, -0.1) is 0 Å². The van der Waals surface area contributed by atoms with E-state index < -0.39 is 0 Å². The first kappa shape index (κ1) is 16.7. The standard InChI is InChI=1S/C21H22N4O/c26-21-18-11-5-6-12-19(18)23-20(16-24-13-7-2-8-14-24)25(21)22-15-17-9-3-1-4-10-17/h1,3-6,9-12,15H,2,7-8,13-14,16H2. The van der Waals surface area contributed by atoms with Crippen LogP contribution in [-0.4, -0.2) is 33.9 Å². The lowest BCUT2D eigenvalue weighted by atomic mass is 10.1. The van der Waals surface area contributed by atoms with Crippen molar-refractivity contribution in [3.05, 3.63) is 76.3 Å². The SMILES string of the molecule is O=c1c2ccccc2nc(CN2CCCCC2)n1N=Cc1ccccc1. The van der Waals surface area contributed by atoms with Crippen LogP contribution in [0.15, 0.2) is 64.5 Å². The van der Waals surface area contributed by atoms with Crippen LogP contribution in [-0.2, 0) is 6.54 Å². The summed E-state index contributed by atoms with van der Waals surface area (Å²) in [4.78, 5) is 20.1. The molecule has 132 valence electrons. The van der Waals surface area contributed by atoms with Crippen LogP contribution in [0.1, 0.15) is 30.7 Å². The van der Waals surface area contributed by atoms with Crippen LogP contribution >= 0.6 is 0 Å². The fourth-order valence-electron chi connectivity index (χ4n) is 3.37. The first-order valence-corrected chi connectivity index (χ1v) is 9.14. The molecule has 1 saturated heterocycles. The fourth-order valence-corrected chi connectivity index (χ4v) is 3.37. The third kappa shape index (κ3) is 3.58. The smallest absolute Gasteiger partial charge is 0.282 e. The molecule has 0 spiro atoms. The number of hydrogen-bond donors (Lipinski definition) is 0. The number of piperidine rings is 1. The number of likely N-dealkylation sites (tertiary alicyclic amines) is 1. The minimum absolute atomic E-state index is 0.116. The Morgan fingerprint density at radius 3 is 2.50 bits per heavy atom. The molecule has 1 aliphatic heterocycles. The second-order valence-electron chi connectivity index (χ2n) is 6.65. The number of para-hydroxylation sites is 1. The van der Waals surface area contributed by atoms with Crippen LogP contribution in [0.2, 0.25) is 0 Å². The van der Waals surface area contributed by atoms with Gasteiger partial charge in [-0.25, -0.2) is 4.98 Å². The van der Waals surface area contributed by atoms with Gasteiger partial charge in [0.05, 0.1) is 23.7 Å².